The molecule has 0 aliphatic carbocycles. The molecule has 1 atom stereocenters. The van der Waals surface area contributed by atoms with Gasteiger partial charge >= 0.3 is 0 Å². The Morgan fingerprint density at radius 1 is 1.60 bits per heavy atom. The van der Waals surface area contributed by atoms with Crippen molar-refractivity contribution in [3.8, 4) is 0 Å². The number of aromatic nitrogens is 2. The minimum absolute atomic E-state index is 0.563. The number of hydrogen-bond donors (Lipinski definition) is 1. The fourth-order valence-corrected chi connectivity index (χ4v) is 2.05. The molecule has 1 fully saturated rings. The van der Waals surface area contributed by atoms with Crippen LogP contribution in [0.3, 0.4) is 0 Å². The van der Waals surface area contributed by atoms with E-state index in [-0.39, 0.29) is 0 Å². The molecule has 0 amide bonds. The number of nitrogens with zero attached hydrogens (tertiary/aromatic N) is 3. The fraction of sp³-hybridized carbons (Fsp3) is 0.800. The average molecular weight is 210 g/mol. The van der Waals surface area contributed by atoms with Gasteiger partial charge in [-0.05, 0) is 25.9 Å². The van der Waals surface area contributed by atoms with Crippen LogP contribution >= 0.6 is 0 Å². The Hall–Kier alpha value is -0.940. The predicted molar refractivity (Wildman–Crippen MR) is 56.4 cm³/mol. The zero-order valence-electron chi connectivity index (χ0n) is 9.15. The highest BCUT2D eigenvalue weighted by Gasteiger charge is 2.21. The van der Waals surface area contributed by atoms with E-state index >= 15 is 0 Å². The van der Waals surface area contributed by atoms with Gasteiger partial charge < -0.3 is 15.2 Å². The summed E-state index contributed by atoms with van der Waals surface area (Å²) in [5.74, 6) is 2.18. The van der Waals surface area contributed by atoms with E-state index in [1.165, 1.54) is 13.0 Å². The van der Waals surface area contributed by atoms with Gasteiger partial charge in [-0.1, -0.05) is 5.16 Å². The van der Waals surface area contributed by atoms with Crippen LogP contribution in [-0.4, -0.2) is 41.7 Å². The highest BCUT2D eigenvalue weighted by atomic mass is 16.5. The third-order valence-electron chi connectivity index (χ3n) is 2.83. The van der Waals surface area contributed by atoms with Crippen LogP contribution in [-0.2, 0) is 12.8 Å². The van der Waals surface area contributed by atoms with Crippen molar-refractivity contribution >= 4 is 0 Å². The summed E-state index contributed by atoms with van der Waals surface area (Å²) in [5.41, 5.74) is 5.42. The topological polar surface area (TPSA) is 68.2 Å². The second-order valence-corrected chi connectivity index (χ2v) is 4.26. The standard InChI is InChI=1S/C10H18N4O/c1-14-5-3-8(7-14)6-9-12-10(2-4-11)15-13-9/h8H,2-7,11H2,1H3. The Morgan fingerprint density at radius 2 is 2.47 bits per heavy atom. The van der Waals surface area contributed by atoms with Crippen molar-refractivity contribution < 1.29 is 4.52 Å². The normalized spacial score (nSPS) is 22.4. The Morgan fingerprint density at radius 3 is 3.13 bits per heavy atom. The quantitative estimate of drug-likeness (QED) is 0.761. The number of rotatable bonds is 4. The van der Waals surface area contributed by atoms with E-state index in [0.29, 0.717) is 24.8 Å². The van der Waals surface area contributed by atoms with Crippen molar-refractivity contribution in [2.24, 2.45) is 11.7 Å². The molecule has 2 heterocycles. The molecule has 1 saturated heterocycles. The maximum absolute atomic E-state index is 5.42. The van der Waals surface area contributed by atoms with Crippen LogP contribution < -0.4 is 5.73 Å². The third kappa shape index (κ3) is 2.76. The third-order valence-corrected chi connectivity index (χ3v) is 2.83. The molecule has 0 saturated carbocycles. The minimum atomic E-state index is 0.563. The number of nitrogens with two attached hydrogens (primary N) is 1. The van der Waals surface area contributed by atoms with Gasteiger partial charge in [0, 0.05) is 25.9 Å². The highest BCUT2D eigenvalue weighted by Crippen LogP contribution is 2.18. The molecule has 1 aromatic rings. The summed E-state index contributed by atoms with van der Waals surface area (Å²) in [5, 5.41) is 3.96. The maximum atomic E-state index is 5.42. The second kappa shape index (κ2) is 4.72. The van der Waals surface area contributed by atoms with E-state index < -0.39 is 0 Å². The molecule has 84 valence electrons. The van der Waals surface area contributed by atoms with Crippen molar-refractivity contribution in [1.29, 1.82) is 0 Å². The van der Waals surface area contributed by atoms with Crippen LogP contribution in [0.1, 0.15) is 18.1 Å². The van der Waals surface area contributed by atoms with Crippen molar-refractivity contribution in [2.75, 3.05) is 26.7 Å². The minimum Gasteiger partial charge on any atom is -0.339 e. The zero-order chi connectivity index (χ0) is 10.7. The van der Waals surface area contributed by atoms with Gasteiger partial charge in [-0.25, -0.2) is 0 Å². The molecule has 1 aromatic heterocycles. The van der Waals surface area contributed by atoms with E-state index in [0.717, 1.165) is 18.8 Å². The van der Waals surface area contributed by atoms with Gasteiger partial charge in [0.05, 0.1) is 0 Å². The summed E-state index contributed by atoms with van der Waals surface area (Å²) in [6, 6.07) is 0. The molecular formula is C10H18N4O. The van der Waals surface area contributed by atoms with Gasteiger partial charge in [0.2, 0.25) is 5.89 Å². The average Bonchev–Trinajstić information content (AvgIpc) is 2.78. The van der Waals surface area contributed by atoms with E-state index in [1.54, 1.807) is 0 Å². The molecule has 0 radical (unpaired) electrons. The van der Waals surface area contributed by atoms with Gasteiger partial charge in [-0.2, -0.15) is 4.98 Å². The molecule has 5 heteroatoms. The SMILES string of the molecule is CN1CCC(Cc2noc(CCN)n2)C1. The monoisotopic (exact) mass is 210 g/mol. The molecule has 15 heavy (non-hydrogen) atoms. The van der Waals surface area contributed by atoms with Crippen LogP contribution in [0.25, 0.3) is 0 Å². The first-order valence-corrected chi connectivity index (χ1v) is 5.48. The van der Waals surface area contributed by atoms with Crippen molar-refractivity contribution in [1.82, 2.24) is 15.0 Å². The lowest BCUT2D eigenvalue weighted by atomic mass is 10.1. The van der Waals surface area contributed by atoms with Gasteiger partial charge in [-0.3, -0.25) is 0 Å². The van der Waals surface area contributed by atoms with Crippen LogP contribution in [0.2, 0.25) is 0 Å². The van der Waals surface area contributed by atoms with Crippen LogP contribution in [0, 0.1) is 5.92 Å². The lowest BCUT2D eigenvalue weighted by Crippen LogP contribution is -2.15. The Labute approximate surface area is 89.6 Å². The molecule has 5 nitrogen and oxygen atoms in total. The molecule has 1 aliphatic heterocycles. The number of hydrogen-bond acceptors (Lipinski definition) is 5. The predicted octanol–water partition coefficient (Wildman–Crippen LogP) is 0.0650. The van der Waals surface area contributed by atoms with E-state index in [4.69, 9.17) is 10.3 Å². The van der Waals surface area contributed by atoms with E-state index in [1.807, 2.05) is 0 Å². The largest absolute Gasteiger partial charge is 0.339 e. The summed E-state index contributed by atoms with van der Waals surface area (Å²) in [7, 11) is 2.15. The molecule has 2 rings (SSSR count). The van der Waals surface area contributed by atoms with Crippen molar-refractivity contribution in [3.05, 3.63) is 11.7 Å². The van der Waals surface area contributed by atoms with Crippen LogP contribution in [0.5, 0.6) is 0 Å². The molecular weight excluding hydrogens is 192 g/mol. The lowest BCUT2D eigenvalue weighted by Gasteiger charge is -2.06. The lowest BCUT2D eigenvalue weighted by molar-refractivity contribution is 0.366. The first-order valence-electron chi connectivity index (χ1n) is 5.48. The Bertz CT molecular complexity index is 312. The van der Waals surface area contributed by atoms with Crippen LogP contribution in [0.4, 0.5) is 0 Å². The zero-order valence-corrected chi connectivity index (χ0v) is 9.15. The molecule has 0 aromatic carbocycles. The smallest absolute Gasteiger partial charge is 0.227 e. The van der Waals surface area contributed by atoms with Crippen molar-refractivity contribution in [3.63, 3.8) is 0 Å². The fourth-order valence-electron chi connectivity index (χ4n) is 2.05. The summed E-state index contributed by atoms with van der Waals surface area (Å²) in [6.07, 6.45) is 2.84. The summed E-state index contributed by atoms with van der Waals surface area (Å²) in [4.78, 5) is 6.65. The molecule has 2 N–H and O–H groups in total. The summed E-state index contributed by atoms with van der Waals surface area (Å²) >= 11 is 0. The first-order chi connectivity index (χ1) is 7.28. The molecule has 0 bridgehead atoms. The van der Waals surface area contributed by atoms with Gasteiger partial charge in [0.15, 0.2) is 5.82 Å². The Kier molecular flexibility index (Phi) is 3.33. The summed E-state index contributed by atoms with van der Waals surface area (Å²) in [6.45, 7) is 2.88. The summed E-state index contributed by atoms with van der Waals surface area (Å²) < 4.78 is 5.09. The Balaban J connectivity index is 1.87. The van der Waals surface area contributed by atoms with Crippen molar-refractivity contribution in [2.45, 2.75) is 19.3 Å². The van der Waals surface area contributed by atoms with Gasteiger partial charge in [-0.15, -0.1) is 0 Å². The molecule has 1 aliphatic rings. The number of likely N-dealkylation sites (tertiary alicyclic amines) is 1. The maximum Gasteiger partial charge on any atom is 0.227 e. The molecule has 0 spiro atoms. The first kappa shape index (κ1) is 10.6. The van der Waals surface area contributed by atoms with Gasteiger partial charge in [0.25, 0.3) is 0 Å². The van der Waals surface area contributed by atoms with Gasteiger partial charge in [0.1, 0.15) is 0 Å². The van der Waals surface area contributed by atoms with E-state index in [9.17, 15) is 0 Å². The van der Waals surface area contributed by atoms with Crippen LogP contribution in [0.15, 0.2) is 4.52 Å². The highest BCUT2D eigenvalue weighted by molar-refractivity contribution is 4.90. The second-order valence-electron chi connectivity index (χ2n) is 4.26. The molecule has 1 unspecified atom stereocenters. The van der Waals surface area contributed by atoms with E-state index in [2.05, 4.69) is 22.1 Å².